The summed E-state index contributed by atoms with van der Waals surface area (Å²) in [6.07, 6.45) is 6.66. The average molecular weight is 256 g/mol. The van der Waals surface area contributed by atoms with Crippen LogP contribution < -0.4 is 0 Å². The van der Waals surface area contributed by atoms with E-state index >= 15 is 0 Å². The third kappa shape index (κ3) is 3.92. The Morgan fingerprint density at radius 3 is 2.72 bits per heavy atom. The number of nitrogens with zero attached hydrogens (tertiary/aromatic N) is 3. The molecule has 18 heavy (non-hydrogen) atoms. The molecule has 0 amide bonds. The zero-order valence-electron chi connectivity index (χ0n) is 10.4. The van der Waals surface area contributed by atoms with Crippen LogP contribution in [-0.2, 0) is 4.79 Å². The van der Waals surface area contributed by atoms with Gasteiger partial charge < -0.3 is 15.2 Å². The van der Waals surface area contributed by atoms with Crippen LogP contribution in [0.15, 0.2) is 17.0 Å². The minimum absolute atomic E-state index is 0.0602. The van der Waals surface area contributed by atoms with E-state index in [4.69, 9.17) is 5.11 Å². The summed E-state index contributed by atoms with van der Waals surface area (Å²) in [5.74, 6) is -1.26. The van der Waals surface area contributed by atoms with Gasteiger partial charge >= 0.3 is 18.1 Å². The largest absolute Gasteiger partial charge is 0.477 e. The van der Waals surface area contributed by atoms with E-state index in [2.05, 4.69) is 11.9 Å². The molecule has 0 aromatic heterocycles. The van der Waals surface area contributed by atoms with E-state index in [1.165, 1.54) is 12.5 Å². The van der Waals surface area contributed by atoms with Crippen molar-refractivity contribution in [3.8, 4) is 0 Å². The molecule has 0 fully saturated rings. The maximum absolute atomic E-state index is 10.8. The number of carboxylic acid groups (broad SMARTS) is 1. The molecule has 1 aliphatic rings. The molecule has 0 aliphatic carbocycles. The van der Waals surface area contributed by atoms with Gasteiger partial charge in [-0.25, -0.2) is 9.28 Å². The van der Waals surface area contributed by atoms with Crippen molar-refractivity contribution in [3.63, 3.8) is 0 Å². The zero-order chi connectivity index (χ0) is 13.6. The van der Waals surface area contributed by atoms with Crippen molar-refractivity contribution in [2.75, 3.05) is 13.1 Å². The number of rotatable bonds is 8. The normalized spacial score (nSPS) is 21.9. The van der Waals surface area contributed by atoms with Gasteiger partial charge in [0.2, 0.25) is 6.20 Å². The zero-order valence-corrected chi connectivity index (χ0v) is 10.4. The highest BCUT2D eigenvalue weighted by atomic mass is 16.6. The monoisotopic (exact) mass is 256 g/mol. The van der Waals surface area contributed by atoms with Gasteiger partial charge in [-0.15, -0.1) is 0 Å². The van der Waals surface area contributed by atoms with E-state index in [9.17, 15) is 14.9 Å². The summed E-state index contributed by atoms with van der Waals surface area (Å²) in [6.45, 7) is 2.42. The van der Waals surface area contributed by atoms with Crippen LogP contribution in [0.25, 0.3) is 0 Å². The van der Waals surface area contributed by atoms with Crippen LogP contribution >= 0.6 is 0 Å². The Balaban J connectivity index is 2.70. The number of carboxylic acids is 1. The molecule has 1 N–H and O–H groups in total. The Kier molecular flexibility index (Phi) is 4.96. The highest BCUT2D eigenvalue weighted by molar-refractivity contribution is 5.70. The number of nitro groups is 1. The van der Waals surface area contributed by atoms with Gasteiger partial charge in [0.25, 0.3) is 0 Å². The summed E-state index contributed by atoms with van der Waals surface area (Å²) in [7, 11) is 0. The summed E-state index contributed by atoms with van der Waals surface area (Å²) in [5, 5.41) is 19.5. The Labute approximate surface area is 105 Å². The molecule has 0 saturated heterocycles. The molecule has 0 saturated carbocycles. The standard InChI is InChI=1S/C11H17N3O4/c1-2-3-4-5-6-14(8-11(15)16)7-10(12-9-14)13(17)18/h7,9H,2-6,8H2,1H3/p+1/t14-/m0/s1. The second-order valence-electron chi connectivity index (χ2n) is 4.43. The molecule has 0 bridgehead atoms. The van der Waals surface area contributed by atoms with Gasteiger partial charge in [0, 0.05) is 4.99 Å². The third-order valence-corrected chi connectivity index (χ3v) is 2.84. The molecular weight excluding hydrogens is 238 g/mol. The Morgan fingerprint density at radius 2 is 2.22 bits per heavy atom. The van der Waals surface area contributed by atoms with Crippen LogP contribution in [0.5, 0.6) is 0 Å². The summed E-state index contributed by atoms with van der Waals surface area (Å²) in [4.78, 5) is 24.6. The molecule has 1 aliphatic heterocycles. The summed E-state index contributed by atoms with van der Waals surface area (Å²) >= 11 is 0. The summed E-state index contributed by atoms with van der Waals surface area (Å²) in [5.41, 5.74) is 0. The Morgan fingerprint density at radius 1 is 1.50 bits per heavy atom. The van der Waals surface area contributed by atoms with Crippen molar-refractivity contribution in [2.24, 2.45) is 4.99 Å². The number of unbranched alkanes of at least 4 members (excludes halogenated alkanes) is 3. The predicted molar refractivity (Wildman–Crippen MR) is 65.3 cm³/mol. The van der Waals surface area contributed by atoms with Crippen LogP contribution in [0.4, 0.5) is 0 Å². The topological polar surface area (TPSA) is 92.8 Å². The molecule has 0 aromatic rings. The van der Waals surface area contributed by atoms with Crippen molar-refractivity contribution >= 4 is 12.3 Å². The van der Waals surface area contributed by atoms with Gasteiger partial charge in [0.15, 0.2) is 6.54 Å². The van der Waals surface area contributed by atoms with Crippen LogP contribution in [0.1, 0.15) is 32.6 Å². The fourth-order valence-electron chi connectivity index (χ4n) is 1.94. The first-order valence-electron chi connectivity index (χ1n) is 6.00. The van der Waals surface area contributed by atoms with Gasteiger partial charge in [-0.2, -0.15) is 0 Å². The number of hydrogen-bond donors (Lipinski definition) is 1. The van der Waals surface area contributed by atoms with Crippen molar-refractivity contribution < 1.29 is 19.3 Å². The van der Waals surface area contributed by atoms with Gasteiger partial charge in [-0.1, -0.05) is 19.8 Å². The molecule has 7 nitrogen and oxygen atoms in total. The minimum atomic E-state index is -0.988. The Hall–Kier alpha value is -1.76. The van der Waals surface area contributed by atoms with Crippen LogP contribution in [0, 0.1) is 10.1 Å². The fraction of sp³-hybridized carbons (Fsp3) is 0.636. The first-order chi connectivity index (χ1) is 8.49. The molecule has 1 heterocycles. The summed E-state index contributed by atoms with van der Waals surface area (Å²) < 4.78 is -0.0602. The lowest BCUT2D eigenvalue weighted by molar-refractivity contribution is -0.773. The molecule has 7 heteroatoms. The molecular formula is C11H18N3O4+. The lowest BCUT2D eigenvalue weighted by atomic mass is 10.2. The molecule has 0 spiro atoms. The molecule has 0 aromatic carbocycles. The van der Waals surface area contributed by atoms with Crippen molar-refractivity contribution in [1.29, 1.82) is 0 Å². The smallest absolute Gasteiger partial charge is 0.423 e. The van der Waals surface area contributed by atoms with Gasteiger partial charge in [0.1, 0.15) is 0 Å². The van der Waals surface area contributed by atoms with Crippen LogP contribution in [-0.4, -0.2) is 39.9 Å². The van der Waals surface area contributed by atoms with Crippen molar-refractivity contribution in [3.05, 3.63) is 22.1 Å². The van der Waals surface area contributed by atoms with Gasteiger partial charge in [-0.05, 0) is 17.8 Å². The lowest BCUT2D eigenvalue weighted by Gasteiger charge is -2.22. The highest BCUT2D eigenvalue weighted by Gasteiger charge is 2.38. The fourth-order valence-corrected chi connectivity index (χ4v) is 1.94. The van der Waals surface area contributed by atoms with Gasteiger partial charge in [-0.3, -0.25) is 0 Å². The first-order valence-corrected chi connectivity index (χ1v) is 6.00. The lowest BCUT2D eigenvalue weighted by Crippen LogP contribution is -2.44. The SMILES string of the molecule is CCCCCC[N@+]1(CC(=O)O)C=NC([N+](=O)[O-])=C1. The molecule has 100 valence electrons. The second-order valence-corrected chi connectivity index (χ2v) is 4.43. The predicted octanol–water partition coefficient (Wildman–Crippen LogP) is 1.59. The quantitative estimate of drug-likeness (QED) is 0.309. The first kappa shape index (κ1) is 14.3. The number of quaternary nitrogens is 1. The van der Waals surface area contributed by atoms with Crippen molar-refractivity contribution in [1.82, 2.24) is 0 Å². The van der Waals surface area contributed by atoms with E-state index in [0.717, 1.165) is 25.7 Å². The van der Waals surface area contributed by atoms with E-state index < -0.39 is 10.9 Å². The van der Waals surface area contributed by atoms with E-state index in [0.29, 0.717) is 6.54 Å². The van der Waals surface area contributed by atoms with E-state index in [-0.39, 0.29) is 16.8 Å². The molecule has 0 radical (unpaired) electrons. The Bertz CT molecular complexity index is 392. The molecule has 1 atom stereocenters. The summed E-state index contributed by atoms with van der Waals surface area (Å²) in [6, 6.07) is 0. The third-order valence-electron chi connectivity index (χ3n) is 2.84. The molecule has 1 rings (SSSR count). The van der Waals surface area contributed by atoms with Crippen LogP contribution in [0.2, 0.25) is 0 Å². The minimum Gasteiger partial charge on any atom is -0.477 e. The van der Waals surface area contributed by atoms with Gasteiger partial charge in [0.05, 0.1) is 6.54 Å². The maximum Gasteiger partial charge on any atom is 0.423 e. The average Bonchev–Trinajstić information content (AvgIpc) is 2.68. The van der Waals surface area contributed by atoms with Crippen LogP contribution in [0.3, 0.4) is 0 Å². The number of carbonyl (C=O) groups is 1. The van der Waals surface area contributed by atoms with Crippen molar-refractivity contribution in [2.45, 2.75) is 32.6 Å². The molecule has 0 unspecified atom stereocenters. The number of hydrogen-bond acceptors (Lipinski definition) is 4. The van der Waals surface area contributed by atoms with E-state index in [1.54, 1.807) is 0 Å². The number of aliphatic imine (C=N–C) groups is 1. The highest BCUT2D eigenvalue weighted by Crippen LogP contribution is 2.19. The maximum atomic E-state index is 10.8. The second kappa shape index (κ2) is 6.25. The van der Waals surface area contributed by atoms with E-state index in [1.807, 2.05) is 0 Å². The number of aliphatic carboxylic acids is 1.